The molecule has 1 fully saturated rings. The molecule has 240 valence electrons. The van der Waals surface area contributed by atoms with Crippen molar-refractivity contribution >= 4 is 86.6 Å². The molecule has 2 aromatic heterocycles. The number of rotatable bonds is 11. The first-order valence-electron chi connectivity index (χ1n) is 12.7. The van der Waals surface area contributed by atoms with E-state index in [1.807, 2.05) is 0 Å². The third-order valence-electron chi connectivity index (χ3n) is 6.13. The van der Waals surface area contributed by atoms with Crippen molar-refractivity contribution in [3.63, 3.8) is 0 Å². The van der Waals surface area contributed by atoms with Gasteiger partial charge in [-0.25, -0.2) is 9.78 Å². The van der Waals surface area contributed by atoms with Crippen LogP contribution in [0.4, 0.5) is 5.13 Å². The number of oxime groups is 1. The number of β-lactam (4-membered cyclic amide) rings is 1. The number of amides is 4. The minimum absolute atomic E-state index is 0.0112. The number of nitrogens with one attached hydrogen (secondary N) is 3. The predicted octanol–water partition coefficient (Wildman–Crippen LogP) is -0.299. The molecular weight excluding hydrogens is 687 g/mol. The van der Waals surface area contributed by atoms with Crippen LogP contribution < -0.4 is 21.9 Å². The van der Waals surface area contributed by atoms with Crippen LogP contribution in [0.5, 0.6) is 11.5 Å². The van der Waals surface area contributed by atoms with E-state index < -0.39 is 64.8 Å². The van der Waals surface area contributed by atoms with E-state index in [-0.39, 0.29) is 27.8 Å². The summed E-state index contributed by atoms with van der Waals surface area (Å²) < 4.78 is 0.651. The van der Waals surface area contributed by atoms with Gasteiger partial charge in [-0.2, -0.15) is 0 Å². The number of benzene rings is 1. The second-order valence-corrected chi connectivity index (χ2v) is 13.2. The van der Waals surface area contributed by atoms with Gasteiger partial charge in [0.2, 0.25) is 0 Å². The molecule has 2 aliphatic rings. The number of aromatic hydroxyl groups is 2. The normalized spacial score (nSPS) is 17.5. The Morgan fingerprint density at radius 3 is 2.65 bits per heavy atom. The molecule has 1 aromatic carbocycles. The van der Waals surface area contributed by atoms with Crippen molar-refractivity contribution in [1.29, 1.82) is 0 Å². The molecule has 4 heterocycles. The van der Waals surface area contributed by atoms with Crippen LogP contribution in [0.3, 0.4) is 0 Å². The zero-order chi connectivity index (χ0) is 33.0. The molecule has 0 aliphatic carbocycles. The molecule has 0 spiro atoms. The van der Waals surface area contributed by atoms with Crippen LogP contribution in [0, 0.1) is 0 Å². The second kappa shape index (κ2) is 14.0. The summed E-state index contributed by atoms with van der Waals surface area (Å²) in [5, 5.41) is 43.5. The first-order valence-corrected chi connectivity index (χ1v) is 16.4. The average Bonchev–Trinajstić information content (AvgIpc) is 3.72. The number of hydrazine groups is 1. The number of thiazole rings is 1. The maximum absolute atomic E-state index is 13.3. The van der Waals surface area contributed by atoms with Crippen molar-refractivity contribution in [3.8, 4) is 11.5 Å². The lowest BCUT2D eigenvalue weighted by Crippen LogP contribution is -2.71. The number of nitrogens with two attached hydrogens (primary N) is 1. The van der Waals surface area contributed by atoms with E-state index in [4.69, 9.17) is 10.6 Å². The molecule has 5 rings (SSSR count). The zero-order valence-corrected chi connectivity index (χ0v) is 26.2. The molecule has 0 saturated carbocycles. The number of anilines is 1. The van der Waals surface area contributed by atoms with Crippen molar-refractivity contribution in [2.24, 2.45) is 5.16 Å². The van der Waals surface area contributed by atoms with Crippen LogP contribution in [-0.4, -0.2) is 100 Å². The molecule has 2 atom stereocenters. The van der Waals surface area contributed by atoms with Gasteiger partial charge in [0.15, 0.2) is 33.3 Å². The van der Waals surface area contributed by atoms with Crippen LogP contribution in [0.1, 0.15) is 16.1 Å². The van der Waals surface area contributed by atoms with Crippen molar-refractivity contribution < 1.29 is 44.1 Å². The van der Waals surface area contributed by atoms with E-state index in [9.17, 15) is 39.3 Å². The summed E-state index contributed by atoms with van der Waals surface area (Å²) in [5.41, 5.74) is 11.3. The fraction of sp³-hybridized carbons (Fsp3) is 0.208. The van der Waals surface area contributed by atoms with E-state index in [2.05, 4.69) is 36.5 Å². The number of nitrogen functional groups attached to an aromatic ring is 1. The molecule has 3 aromatic rings. The Bertz CT molecular complexity index is 1760. The summed E-state index contributed by atoms with van der Waals surface area (Å²) in [5.74, 6) is -4.90. The number of thioether (sulfide) groups is 2. The SMILES string of the molecule is Nc1nc(C(=NOCC(=O)NNC(=O)c2ccc(O)c(O)c2)C(=O)NC2C(=O)N3C(C(=O)O)=C(CSc4nncs4)CS[C@H]23)cs1. The summed E-state index contributed by atoms with van der Waals surface area (Å²) >= 11 is 4.88. The smallest absolute Gasteiger partial charge is 0.352 e. The third-order valence-corrected chi connectivity index (χ3v) is 10.1. The van der Waals surface area contributed by atoms with Gasteiger partial charge < -0.3 is 31.2 Å². The second-order valence-electron chi connectivity index (χ2n) is 9.10. The number of aromatic nitrogens is 3. The summed E-state index contributed by atoms with van der Waals surface area (Å²) in [6.07, 6.45) is 0. The molecular formula is C24H21N9O9S4. The average molecular weight is 708 g/mol. The number of carboxylic acids is 1. The van der Waals surface area contributed by atoms with Gasteiger partial charge in [0.1, 0.15) is 28.3 Å². The number of phenolic OH excluding ortho intramolecular Hbond substituents is 2. The quantitative estimate of drug-likeness (QED) is 0.0443. The predicted molar refractivity (Wildman–Crippen MR) is 165 cm³/mol. The molecule has 8 N–H and O–H groups in total. The highest BCUT2D eigenvalue weighted by Crippen LogP contribution is 2.41. The number of carbonyl (C=O) groups excluding carboxylic acids is 4. The molecule has 2 aliphatic heterocycles. The summed E-state index contributed by atoms with van der Waals surface area (Å²) in [6, 6.07) is 2.19. The number of phenols is 2. The van der Waals surface area contributed by atoms with Crippen molar-refractivity contribution in [3.05, 3.63) is 51.6 Å². The van der Waals surface area contributed by atoms with Crippen molar-refractivity contribution in [2.45, 2.75) is 15.8 Å². The molecule has 1 unspecified atom stereocenters. The van der Waals surface area contributed by atoms with Gasteiger partial charge in [0.05, 0.1) is 0 Å². The van der Waals surface area contributed by atoms with Crippen molar-refractivity contribution in [1.82, 2.24) is 36.2 Å². The van der Waals surface area contributed by atoms with Gasteiger partial charge in [-0.1, -0.05) is 28.3 Å². The zero-order valence-electron chi connectivity index (χ0n) is 22.9. The summed E-state index contributed by atoms with van der Waals surface area (Å²) in [4.78, 5) is 73.0. The largest absolute Gasteiger partial charge is 0.504 e. The van der Waals surface area contributed by atoms with Crippen LogP contribution in [0.15, 0.2) is 49.9 Å². The minimum atomic E-state index is -1.28. The summed E-state index contributed by atoms with van der Waals surface area (Å²) in [6.45, 7) is -0.767. The number of carbonyl (C=O) groups is 5. The lowest BCUT2D eigenvalue weighted by atomic mass is 10.0. The highest BCUT2D eigenvalue weighted by molar-refractivity contribution is 8.01. The van der Waals surface area contributed by atoms with E-state index in [1.165, 1.54) is 46.3 Å². The minimum Gasteiger partial charge on any atom is -0.504 e. The maximum Gasteiger partial charge on any atom is 0.352 e. The number of carboxylic acid groups (broad SMARTS) is 1. The number of aliphatic carboxylic acids is 1. The van der Waals surface area contributed by atoms with Crippen LogP contribution in [-0.2, 0) is 24.0 Å². The van der Waals surface area contributed by atoms with E-state index in [0.29, 0.717) is 15.7 Å². The van der Waals surface area contributed by atoms with Gasteiger partial charge >= 0.3 is 5.97 Å². The van der Waals surface area contributed by atoms with Gasteiger partial charge in [0.25, 0.3) is 23.6 Å². The lowest BCUT2D eigenvalue weighted by molar-refractivity contribution is -0.150. The van der Waals surface area contributed by atoms with Gasteiger partial charge in [0, 0.05) is 22.4 Å². The number of hydrogen-bond acceptors (Lipinski definition) is 17. The molecule has 1 saturated heterocycles. The Labute approximate surface area is 274 Å². The Balaban J connectivity index is 1.21. The summed E-state index contributed by atoms with van der Waals surface area (Å²) in [7, 11) is 0. The monoisotopic (exact) mass is 707 g/mol. The fourth-order valence-corrected chi connectivity index (χ4v) is 7.56. The van der Waals surface area contributed by atoms with E-state index in [0.717, 1.165) is 28.4 Å². The van der Waals surface area contributed by atoms with Crippen molar-refractivity contribution in [2.75, 3.05) is 23.8 Å². The molecule has 0 radical (unpaired) electrons. The Morgan fingerprint density at radius 2 is 1.98 bits per heavy atom. The van der Waals surface area contributed by atoms with E-state index in [1.54, 1.807) is 5.51 Å². The fourth-order valence-electron chi connectivity index (χ4n) is 4.03. The molecule has 18 nitrogen and oxygen atoms in total. The number of nitrogens with zero attached hydrogens (tertiary/aromatic N) is 5. The third kappa shape index (κ3) is 7.14. The standard InChI is InChI=1S/C24H21N9O9S4/c25-23-27-11(7-44-23)15(32-42-4-14(36)29-30-18(37)9-1-2-12(34)13(35)3-9)19(38)28-16-20(39)33-17(22(40)41)10(5-43-21(16)33)6-45-24-31-26-8-46-24/h1-3,7-8,16,21,34-35H,4-6H2,(H2,25,27)(H,28,38)(H,29,36)(H,30,37)(H,40,41)/t16?,21-/m1/s1. The van der Waals surface area contributed by atoms with E-state index >= 15 is 0 Å². The molecule has 4 amide bonds. The topological polar surface area (TPSA) is 272 Å². The van der Waals surface area contributed by atoms with Gasteiger partial charge in [-0.15, -0.1) is 33.3 Å². The van der Waals surface area contributed by atoms with Crippen LogP contribution in [0.2, 0.25) is 0 Å². The Morgan fingerprint density at radius 1 is 1.17 bits per heavy atom. The molecule has 22 heteroatoms. The Kier molecular flexibility index (Phi) is 9.89. The first kappa shape index (κ1) is 32.5. The highest BCUT2D eigenvalue weighted by Gasteiger charge is 2.54. The number of fused-ring (bicyclic) bond motifs is 1. The van der Waals surface area contributed by atoms with Gasteiger partial charge in [-0.3, -0.25) is 34.9 Å². The molecule has 46 heavy (non-hydrogen) atoms. The first-order chi connectivity index (χ1) is 22.0. The lowest BCUT2D eigenvalue weighted by Gasteiger charge is -2.49. The number of hydrogen-bond donors (Lipinski definition) is 7. The maximum atomic E-state index is 13.3. The van der Waals surface area contributed by atoms with Gasteiger partial charge in [-0.05, 0) is 23.8 Å². The molecule has 0 bridgehead atoms. The Hall–Kier alpha value is -4.93. The highest BCUT2D eigenvalue weighted by atomic mass is 32.2. The van der Waals surface area contributed by atoms with Crippen LogP contribution >= 0.6 is 46.2 Å². The van der Waals surface area contributed by atoms with Crippen LogP contribution in [0.25, 0.3) is 0 Å².